The Morgan fingerprint density at radius 1 is 0.947 bits per heavy atom. The zero-order chi connectivity index (χ0) is 13.1. The molecule has 2 aromatic rings. The van der Waals surface area contributed by atoms with Crippen molar-refractivity contribution in [3.05, 3.63) is 64.7 Å². The van der Waals surface area contributed by atoms with E-state index in [1.54, 1.807) is 0 Å². The summed E-state index contributed by atoms with van der Waals surface area (Å²) in [5.74, 6) is 0. The minimum Gasteiger partial charge on any atom is -1.00 e. The molecule has 1 nitrogen and oxygen atoms in total. The molecule has 0 amide bonds. The molecule has 0 saturated heterocycles. The van der Waals surface area contributed by atoms with Crippen LogP contribution in [-0.2, 0) is 0 Å². The van der Waals surface area contributed by atoms with E-state index in [1.807, 2.05) is 50.2 Å². The van der Waals surface area contributed by atoms with Crippen molar-refractivity contribution in [2.45, 2.75) is 20.8 Å². The van der Waals surface area contributed by atoms with Gasteiger partial charge in [-0.2, -0.15) is 0 Å². The molecule has 0 aromatic heterocycles. The molecule has 0 fully saturated rings. The molecular formula is C16H18LiOP. The summed E-state index contributed by atoms with van der Waals surface area (Å²) in [7, 11) is 0.206. The smallest absolute Gasteiger partial charge is 1.00 e. The van der Waals surface area contributed by atoms with Crippen LogP contribution in [0.1, 0.15) is 28.5 Å². The molecule has 1 unspecified atom stereocenters. The van der Waals surface area contributed by atoms with Crippen LogP contribution in [0.2, 0.25) is 0 Å². The van der Waals surface area contributed by atoms with Crippen LogP contribution in [0.25, 0.3) is 0 Å². The van der Waals surface area contributed by atoms with Gasteiger partial charge in [0.25, 0.3) is 0 Å². The molecule has 0 heterocycles. The normalized spacial score (nSPS) is 10.5. The Morgan fingerprint density at radius 2 is 1.53 bits per heavy atom. The second-order valence-electron chi connectivity index (χ2n) is 4.52. The molecule has 2 rings (SSSR count). The maximum Gasteiger partial charge on any atom is 1.00 e. The van der Waals surface area contributed by atoms with Crippen LogP contribution in [0.3, 0.4) is 0 Å². The summed E-state index contributed by atoms with van der Waals surface area (Å²) in [5.41, 5.74) is 4.51. The first-order valence-corrected chi connectivity index (χ1v) is 7.03. The van der Waals surface area contributed by atoms with Crippen molar-refractivity contribution in [3.8, 4) is 0 Å². The third-order valence-electron chi connectivity index (χ3n) is 3.20. The second-order valence-corrected chi connectivity index (χ2v) is 5.80. The molecule has 94 valence electrons. The molecule has 2 aromatic carbocycles. The summed E-state index contributed by atoms with van der Waals surface area (Å²) >= 11 is 0. The van der Waals surface area contributed by atoms with Crippen LogP contribution < -0.4 is 24.2 Å². The number of carbonyl (C=O) groups excluding carboxylic acids is 1. The predicted octanol–water partition coefficient (Wildman–Crippen LogP) is 0.873. The van der Waals surface area contributed by atoms with Gasteiger partial charge in [0, 0.05) is 5.56 Å². The number of benzene rings is 2. The molecule has 1 atom stereocenters. The number of hydrogen-bond acceptors (Lipinski definition) is 1. The SMILES string of the molecule is Cc1ccc(C)c(C(=O)Pc2ccccc2)c1C.[H-].[Li+]. The van der Waals surface area contributed by atoms with Crippen molar-refractivity contribution in [2.24, 2.45) is 0 Å². The summed E-state index contributed by atoms with van der Waals surface area (Å²) in [4.78, 5) is 12.4. The van der Waals surface area contributed by atoms with Gasteiger partial charge in [-0.1, -0.05) is 42.5 Å². The van der Waals surface area contributed by atoms with Gasteiger partial charge in [0.2, 0.25) is 0 Å². The number of carbonyl (C=O) groups is 1. The summed E-state index contributed by atoms with van der Waals surface area (Å²) in [5, 5.41) is 1.10. The first-order valence-electron chi connectivity index (χ1n) is 6.03. The Balaban J connectivity index is 0.00000180. The van der Waals surface area contributed by atoms with Gasteiger partial charge in [-0.25, -0.2) is 0 Å². The van der Waals surface area contributed by atoms with Gasteiger partial charge in [-0.05, 0) is 51.3 Å². The molecule has 0 bridgehead atoms. The quantitative estimate of drug-likeness (QED) is 0.594. The molecule has 0 spiro atoms. The van der Waals surface area contributed by atoms with Crippen molar-refractivity contribution < 1.29 is 25.1 Å². The van der Waals surface area contributed by atoms with Gasteiger partial charge >= 0.3 is 18.9 Å². The van der Waals surface area contributed by atoms with Crippen molar-refractivity contribution in [1.29, 1.82) is 0 Å². The van der Waals surface area contributed by atoms with Gasteiger partial charge in [0.1, 0.15) is 0 Å². The van der Waals surface area contributed by atoms with E-state index in [0.717, 1.165) is 22.0 Å². The number of rotatable bonds is 3. The molecule has 0 N–H and O–H groups in total. The predicted molar refractivity (Wildman–Crippen MR) is 80.5 cm³/mol. The Morgan fingerprint density at radius 3 is 2.16 bits per heavy atom. The molecule has 0 aliphatic rings. The average molecular weight is 264 g/mol. The standard InChI is InChI=1S/C16H17OP.Li.H/c1-11-9-10-12(2)15(13(11)3)16(17)18-14-7-5-4-6-8-14;;/h4-10,18H,1-3H3;;/q;+1;-1. The van der Waals surface area contributed by atoms with Gasteiger partial charge in [0.05, 0.1) is 0 Å². The van der Waals surface area contributed by atoms with E-state index in [-0.39, 0.29) is 34.4 Å². The van der Waals surface area contributed by atoms with Crippen molar-refractivity contribution in [3.63, 3.8) is 0 Å². The van der Waals surface area contributed by atoms with Gasteiger partial charge in [0.15, 0.2) is 5.52 Å². The fourth-order valence-corrected chi connectivity index (χ4v) is 3.15. The molecule has 19 heavy (non-hydrogen) atoms. The van der Waals surface area contributed by atoms with Gasteiger partial charge in [-0.3, -0.25) is 4.79 Å². The van der Waals surface area contributed by atoms with E-state index in [9.17, 15) is 4.79 Å². The van der Waals surface area contributed by atoms with Gasteiger partial charge in [-0.15, -0.1) is 0 Å². The Bertz CT molecular complexity index is 585. The van der Waals surface area contributed by atoms with Crippen LogP contribution in [0.5, 0.6) is 0 Å². The van der Waals surface area contributed by atoms with Crippen molar-refractivity contribution in [2.75, 3.05) is 0 Å². The topological polar surface area (TPSA) is 17.1 Å². The fourth-order valence-electron chi connectivity index (χ4n) is 2.02. The van der Waals surface area contributed by atoms with E-state index < -0.39 is 0 Å². The van der Waals surface area contributed by atoms with E-state index in [1.165, 1.54) is 5.56 Å². The van der Waals surface area contributed by atoms with Gasteiger partial charge < -0.3 is 1.43 Å². The first-order chi connectivity index (χ1) is 8.59. The third kappa shape index (κ3) is 3.80. The number of aryl methyl sites for hydroxylation is 2. The largest absolute Gasteiger partial charge is 1.00 e. The Hall–Kier alpha value is -0.863. The van der Waals surface area contributed by atoms with Crippen LogP contribution in [0.15, 0.2) is 42.5 Å². The minimum absolute atomic E-state index is 0. The minimum atomic E-state index is 0. The van der Waals surface area contributed by atoms with Crippen LogP contribution >= 0.6 is 8.58 Å². The zero-order valence-corrected chi connectivity index (χ0v) is 12.9. The van der Waals surface area contributed by atoms with E-state index >= 15 is 0 Å². The Labute approximate surface area is 130 Å². The van der Waals surface area contributed by atoms with Crippen LogP contribution in [0.4, 0.5) is 0 Å². The molecule has 3 heteroatoms. The molecule has 0 aliphatic carbocycles. The molecule has 0 saturated carbocycles. The maximum atomic E-state index is 12.4. The number of hydrogen-bond donors (Lipinski definition) is 0. The summed E-state index contributed by atoms with van der Waals surface area (Å²) in [6, 6.07) is 14.1. The van der Waals surface area contributed by atoms with E-state index in [4.69, 9.17) is 0 Å². The van der Waals surface area contributed by atoms with Crippen LogP contribution in [-0.4, -0.2) is 5.52 Å². The summed E-state index contributed by atoms with van der Waals surface area (Å²) in [6.45, 7) is 6.09. The van der Waals surface area contributed by atoms with Crippen molar-refractivity contribution in [1.82, 2.24) is 0 Å². The molecular weight excluding hydrogens is 246 g/mol. The average Bonchev–Trinajstić information content (AvgIpc) is 2.36. The second kappa shape index (κ2) is 7.06. The Kier molecular flexibility index (Phi) is 6.02. The van der Waals surface area contributed by atoms with Crippen LogP contribution in [0, 0.1) is 20.8 Å². The van der Waals surface area contributed by atoms with E-state index in [2.05, 4.69) is 13.0 Å². The fraction of sp³-hybridized carbons (Fsp3) is 0.188. The zero-order valence-electron chi connectivity index (χ0n) is 12.9. The molecule has 0 radical (unpaired) electrons. The monoisotopic (exact) mass is 264 g/mol. The van der Waals surface area contributed by atoms with Crippen molar-refractivity contribution >= 4 is 19.4 Å². The third-order valence-corrected chi connectivity index (χ3v) is 4.30. The summed E-state index contributed by atoms with van der Waals surface area (Å²) < 4.78 is 0. The maximum absolute atomic E-state index is 12.4. The molecule has 0 aliphatic heterocycles. The summed E-state index contributed by atoms with van der Waals surface area (Å²) in [6.07, 6.45) is 0. The van der Waals surface area contributed by atoms with E-state index in [0.29, 0.717) is 0 Å². The first kappa shape index (κ1) is 16.2.